The van der Waals surface area contributed by atoms with Crippen molar-refractivity contribution in [3.63, 3.8) is 0 Å². The van der Waals surface area contributed by atoms with E-state index in [1.807, 2.05) is 17.5 Å². The van der Waals surface area contributed by atoms with Gasteiger partial charge in [-0.05, 0) is 36.8 Å². The lowest BCUT2D eigenvalue weighted by Crippen LogP contribution is -2.47. The van der Waals surface area contributed by atoms with Gasteiger partial charge in [0.2, 0.25) is 11.8 Å². The van der Waals surface area contributed by atoms with Crippen LogP contribution < -0.4 is 5.56 Å². The summed E-state index contributed by atoms with van der Waals surface area (Å²) in [6.07, 6.45) is 2.99. The predicted molar refractivity (Wildman–Crippen MR) is 102 cm³/mol. The Morgan fingerprint density at radius 2 is 2.07 bits per heavy atom. The summed E-state index contributed by atoms with van der Waals surface area (Å²) in [5.41, 5.74) is 0.625. The minimum atomic E-state index is -0.149. The molecule has 2 aliphatic heterocycles. The van der Waals surface area contributed by atoms with Crippen molar-refractivity contribution in [2.24, 2.45) is 0 Å². The van der Waals surface area contributed by atoms with Gasteiger partial charge in [-0.2, -0.15) is 5.10 Å². The molecular weight excluding hydrogens is 364 g/mol. The lowest BCUT2D eigenvalue weighted by atomic mass is 10.1. The average molecular weight is 386 g/mol. The van der Waals surface area contributed by atoms with Gasteiger partial charge >= 0.3 is 0 Å². The van der Waals surface area contributed by atoms with Gasteiger partial charge in [0.05, 0.1) is 17.5 Å². The van der Waals surface area contributed by atoms with Gasteiger partial charge in [-0.15, -0.1) is 11.3 Å². The van der Waals surface area contributed by atoms with E-state index in [0.717, 1.165) is 29.8 Å². The smallest absolute Gasteiger partial charge is 0.267 e. The van der Waals surface area contributed by atoms with Crippen molar-refractivity contribution in [1.82, 2.24) is 19.6 Å². The van der Waals surface area contributed by atoms with Crippen molar-refractivity contribution in [3.8, 4) is 10.6 Å². The highest BCUT2D eigenvalue weighted by molar-refractivity contribution is 7.13. The summed E-state index contributed by atoms with van der Waals surface area (Å²) in [4.78, 5) is 41.2. The number of piperidine rings is 1. The van der Waals surface area contributed by atoms with Crippen molar-refractivity contribution in [1.29, 1.82) is 0 Å². The maximum absolute atomic E-state index is 12.6. The Balaban J connectivity index is 1.49. The first-order valence-electron chi connectivity index (χ1n) is 9.31. The fraction of sp³-hybridized carbons (Fsp3) is 0.474. The minimum absolute atomic E-state index is 0.0441. The second-order valence-electron chi connectivity index (χ2n) is 7.03. The zero-order valence-corrected chi connectivity index (χ0v) is 15.9. The molecule has 0 N–H and O–H groups in total. The van der Waals surface area contributed by atoms with E-state index in [4.69, 9.17) is 0 Å². The van der Waals surface area contributed by atoms with Crippen LogP contribution >= 0.6 is 11.3 Å². The Labute approximate surface area is 161 Å². The molecule has 1 atom stereocenters. The molecule has 0 aromatic carbocycles. The average Bonchev–Trinajstić information content (AvgIpc) is 3.35. The first kappa shape index (κ1) is 17.9. The molecule has 4 rings (SSSR count). The summed E-state index contributed by atoms with van der Waals surface area (Å²) in [7, 11) is 0. The zero-order valence-electron chi connectivity index (χ0n) is 15.0. The third-order valence-electron chi connectivity index (χ3n) is 5.19. The van der Waals surface area contributed by atoms with Crippen LogP contribution in [0.2, 0.25) is 0 Å². The number of hydrogen-bond donors (Lipinski definition) is 0. The Morgan fingerprint density at radius 3 is 2.81 bits per heavy atom. The molecular formula is C19H22N4O3S. The number of carbonyl (C=O) groups excluding carboxylic acids is 2. The molecule has 2 amide bonds. The van der Waals surface area contributed by atoms with Crippen LogP contribution in [0.5, 0.6) is 0 Å². The molecule has 0 radical (unpaired) electrons. The van der Waals surface area contributed by atoms with Gasteiger partial charge in [0.15, 0.2) is 0 Å². The van der Waals surface area contributed by atoms with E-state index in [-0.39, 0.29) is 30.0 Å². The predicted octanol–water partition coefficient (Wildman–Crippen LogP) is 1.76. The first-order valence-corrected chi connectivity index (χ1v) is 10.2. The maximum atomic E-state index is 12.6. The maximum Gasteiger partial charge on any atom is 0.267 e. The number of nitrogens with zero attached hydrogens (tertiary/aromatic N) is 4. The Morgan fingerprint density at radius 1 is 1.19 bits per heavy atom. The number of likely N-dealkylation sites (tertiary alicyclic amines) is 2. The SMILES string of the molecule is O=C1CCCN1CC(=O)N1CCCC(n2nc(-c3cccs3)ccc2=O)C1. The Hall–Kier alpha value is -2.48. The molecule has 2 aliphatic rings. The standard InChI is InChI=1S/C19H22N4O3S/c24-17-6-2-10-22(17)13-19(26)21-9-1-4-14(12-21)23-18(25)8-7-15(20-23)16-5-3-11-27-16/h3,5,7-8,11,14H,1-2,4,6,9-10,12-13H2. The second kappa shape index (κ2) is 7.64. The lowest BCUT2D eigenvalue weighted by molar-refractivity contribution is -0.139. The molecule has 2 aromatic rings. The first-order chi connectivity index (χ1) is 13.1. The second-order valence-corrected chi connectivity index (χ2v) is 7.98. The van der Waals surface area contributed by atoms with Gasteiger partial charge in [-0.1, -0.05) is 6.07 Å². The molecule has 0 aliphatic carbocycles. The Kier molecular flexibility index (Phi) is 5.07. The van der Waals surface area contributed by atoms with Crippen LogP contribution in [0.4, 0.5) is 0 Å². The van der Waals surface area contributed by atoms with E-state index in [2.05, 4.69) is 5.10 Å². The molecule has 4 heterocycles. The van der Waals surface area contributed by atoms with Gasteiger partial charge in [0.1, 0.15) is 5.69 Å². The molecule has 8 heteroatoms. The van der Waals surface area contributed by atoms with Crippen LogP contribution in [0.15, 0.2) is 34.4 Å². The molecule has 0 spiro atoms. The summed E-state index contributed by atoms with van der Waals surface area (Å²) in [6.45, 7) is 1.92. The number of hydrogen-bond acceptors (Lipinski definition) is 5. The summed E-state index contributed by atoms with van der Waals surface area (Å²) < 4.78 is 1.52. The highest BCUT2D eigenvalue weighted by Crippen LogP contribution is 2.24. The molecule has 0 saturated carbocycles. The zero-order chi connectivity index (χ0) is 18.8. The highest BCUT2D eigenvalue weighted by atomic mass is 32.1. The van der Waals surface area contributed by atoms with E-state index >= 15 is 0 Å². The van der Waals surface area contributed by atoms with E-state index in [9.17, 15) is 14.4 Å². The molecule has 1 unspecified atom stereocenters. The van der Waals surface area contributed by atoms with Gasteiger partial charge in [-0.25, -0.2) is 4.68 Å². The summed E-state index contributed by atoms with van der Waals surface area (Å²) >= 11 is 1.58. The topological polar surface area (TPSA) is 75.5 Å². The third kappa shape index (κ3) is 3.80. The van der Waals surface area contributed by atoms with Crippen LogP contribution in [0, 0.1) is 0 Å². The fourth-order valence-corrected chi connectivity index (χ4v) is 4.45. The molecule has 0 bridgehead atoms. The van der Waals surface area contributed by atoms with Crippen LogP contribution in [-0.2, 0) is 9.59 Å². The van der Waals surface area contributed by atoms with Crippen LogP contribution in [0.25, 0.3) is 10.6 Å². The van der Waals surface area contributed by atoms with Crippen molar-refractivity contribution >= 4 is 23.2 Å². The fourth-order valence-electron chi connectivity index (χ4n) is 3.76. The quantitative estimate of drug-likeness (QED) is 0.802. The van der Waals surface area contributed by atoms with Gasteiger partial charge < -0.3 is 9.80 Å². The van der Waals surface area contributed by atoms with E-state index in [0.29, 0.717) is 26.1 Å². The largest absolute Gasteiger partial charge is 0.339 e. The summed E-state index contributed by atoms with van der Waals surface area (Å²) in [5, 5.41) is 6.54. The number of amides is 2. The monoisotopic (exact) mass is 386 g/mol. The number of carbonyl (C=O) groups is 2. The van der Waals surface area contributed by atoms with Crippen LogP contribution in [0.3, 0.4) is 0 Å². The van der Waals surface area contributed by atoms with Crippen molar-refractivity contribution in [2.75, 3.05) is 26.2 Å². The van der Waals surface area contributed by atoms with Crippen LogP contribution in [0.1, 0.15) is 31.7 Å². The van der Waals surface area contributed by atoms with Gasteiger partial charge in [0, 0.05) is 32.1 Å². The molecule has 7 nitrogen and oxygen atoms in total. The Bertz CT molecular complexity index is 893. The highest BCUT2D eigenvalue weighted by Gasteiger charge is 2.29. The summed E-state index contributed by atoms with van der Waals surface area (Å²) in [6, 6.07) is 7.09. The molecule has 142 valence electrons. The number of thiophene rings is 1. The minimum Gasteiger partial charge on any atom is -0.339 e. The number of rotatable bonds is 4. The molecule has 2 saturated heterocycles. The van der Waals surface area contributed by atoms with Crippen molar-refractivity contribution in [3.05, 3.63) is 40.0 Å². The lowest BCUT2D eigenvalue weighted by Gasteiger charge is -2.34. The van der Waals surface area contributed by atoms with E-state index in [1.54, 1.807) is 33.3 Å². The van der Waals surface area contributed by atoms with Crippen molar-refractivity contribution < 1.29 is 9.59 Å². The molecule has 27 heavy (non-hydrogen) atoms. The normalized spacial score (nSPS) is 20.3. The molecule has 2 fully saturated rings. The third-order valence-corrected chi connectivity index (χ3v) is 6.08. The number of aromatic nitrogens is 2. The molecule has 2 aromatic heterocycles. The van der Waals surface area contributed by atoms with Crippen LogP contribution in [-0.4, -0.2) is 57.6 Å². The van der Waals surface area contributed by atoms with Crippen molar-refractivity contribution in [2.45, 2.75) is 31.7 Å². The van der Waals surface area contributed by atoms with Gasteiger partial charge in [-0.3, -0.25) is 14.4 Å². The van der Waals surface area contributed by atoms with E-state index in [1.165, 1.54) is 4.68 Å². The summed E-state index contributed by atoms with van der Waals surface area (Å²) in [5.74, 6) is 0.0101. The van der Waals surface area contributed by atoms with Gasteiger partial charge in [0.25, 0.3) is 5.56 Å². The van der Waals surface area contributed by atoms with E-state index < -0.39 is 0 Å².